The fourth-order valence-electron chi connectivity index (χ4n) is 1.94. The average molecular weight is 314 g/mol. The molecule has 1 amide bonds. The van der Waals surface area contributed by atoms with Crippen LogP contribution in [0.1, 0.15) is 34.0 Å². The fourth-order valence-corrected chi connectivity index (χ4v) is 2.71. The van der Waals surface area contributed by atoms with Gasteiger partial charge < -0.3 is 10.6 Å². The van der Waals surface area contributed by atoms with E-state index in [4.69, 9.17) is 0 Å². The van der Waals surface area contributed by atoms with Crippen LogP contribution in [0.3, 0.4) is 0 Å². The smallest absolute Gasteiger partial charge is 0.262 e. The van der Waals surface area contributed by atoms with Crippen LogP contribution in [-0.4, -0.2) is 11.4 Å². The third kappa shape index (κ3) is 3.98. The molecule has 2 N–H and O–H groups in total. The molecule has 0 radical (unpaired) electrons. The van der Waals surface area contributed by atoms with Crippen molar-refractivity contribution in [2.75, 3.05) is 5.32 Å². The van der Waals surface area contributed by atoms with Crippen LogP contribution in [0, 0.1) is 13.8 Å². The first-order valence-corrected chi connectivity index (χ1v) is 8.01. The van der Waals surface area contributed by atoms with Crippen molar-refractivity contribution in [3.05, 3.63) is 64.0 Å². The van der Waals surface area contributed by atoms with E-state index in [1.165, 1.54) is 16.9 Å². The number of aryl methyl sites for hydroxylation is 2. The zero-order valence-electron chi connectivity index (χ0n) is 13.5. The molecule has 0 aliphatic rings. The molecule has 1 heterocycles. The minimum Gasteiger partial charge on any atom is -0.357 e. The third-order valence-corrected chi connectivity index (χ3v) is 4.49. The number of hydrogen-bond donors (Lipinski definition) is 2. The number of benzene rings is 1. The summed E-state index contributed by atoms with van der Waals surface area (Å²) in [5, 5.41) is 6.29. The van der Waals surface area contributed by atoms with Gasteiger partial charge in [0.15, 0.2) is 0 Å². The lowest BCUT2D eigenvalue weighted by atomic mass is 10.0. The van der Waals surface area contributed by atoms with E-state index in [0.717, 1.165) is 16.3 Å². The van der Waals surface area contributed by atoms with Gasteiger partial charge >= 0.3 is 0 Å². The molecule has 0 aliphatic carbocycles. The molecule has 22 heavy (non-hydrogen) atoms. The molecule has 2 aromatic rings. The normalized spacial score (nSPS) is 11.1. The summed E-state index contributed by atoms with van der Waals surface area (Å²) in [6.45, 7) is 12.0. The van der Waals surface area contributed by atoms with Gasteiger partial charge in [0.25, 0.3) is 5.91 Å². The summed E-state index contributed by atoms with van der Waals surface area (Å²) in [6.07, 6.45) is 0. The maximum atomic E-state index is 12.3. The Hall–Kier alpha value is -2.07. The van der Waals surface area contributed by atoms with E-state index in [2.05, 4.69) is 17.2 Å². The first kappa shape index (κ1) is 16.3. The van der Waals surface area contributed by atoms with Crippen LogP contribution in [0.15, 0.2) is 48.7 Å². The number of carbonyl (C=O) groups is 1. The molecule has 0 bridgehead atoms. The number of carbonyl (C=O) groups excluding carboxylic acids is 1. The second kappa shape index (κ2) is 6.36. The highest BCUT2D eigenvalue weighted by Crippen LogP contribution is 2.21. The fraction of sp³-hybridized carbons (Fsp3) is 0.278. The second-order valence-electron chi connectivity index (χ2n) is 5.96. The Morgan fingerprint density at radius 3 is 2.27 bits per heavy atom. The lowest BCUT2D eigenvalue weighted by Crippen LogP contribution is -2.46. The molecule has 0 unspecified atom stereocenters. The van der Waals surface area contributed by atoms with E-state index in [0.29, 0.717) is 4.88 Å². The first-order chi connectivity index (χ1) is 10.3. The highest BCUT2D eigenvalue weighted by atomic mass is 32.1. The Balaban J connectivity index is 2.03. The molecule has 0 aliphatic heterocycles. The predicted octanol–water partition coefficient (Wildman–Crippen LogP) is 4.50. The van der Waals surface area contributed by atoms with Gasteiger partial charge in [-0.25, -0.2) is 0 Å². The van der Waals surface area contributed by atoms with Crippen LogP contribution >= 0.6 is 11.3 Å². The molecule has 1 aromatic heterocycles. The highest BCUT2D eigenvalue weighted by Gasteiger charge is 2.25. The van der Waals surface area contributed by atoms with E-state index in [9.17, 15) is 4.79 Å². The maximum Gasteiger partial charge on any atom is 0.262 e. The first-order valence-electron chi connectivity index (χ1n) is 7.20. The lowest BCUT2D eigenvalue weighted by Gasteiger charge is -2.29. The van der Waals surface area contributed by atoms with Gasteiger partial charge in [0, 0.05) is 16.3 Å². The van der Waals surface area contributed by atoms with Crippen LogP contribution in [0.4, 0.5) is 5.69 Å². The predicted molar refractivity (Wildman–Crippen MR) is 94.5 cm³/mol. The van der Waals surface area contributed by atoms with Crippen molar-refractivity contribution >= 4 is 22.9 Å². The quantitative estimate of drug-likeness (QED) is 0.853. The molecule has 116 valence electrons. The number of hydrogen-bond acceptors (Lipinski definition) is 3. The molecular formula is C18H22N2OS. The summed E-state index contributed by atoms with van der Waals surface area (Å²) in [5.74, 6) is -0.0741. The molecule has 0 saturated heterocycles. The summed E-state index contributed by atoms with van der Waals surface area (Å²) in [6, 6.07) is 11.9. The van der Waals surface area contributed by atoms with Crippen LogP contribution in [0.2, 0.25) is 0 Å². The second-order valence-corrected chi connectivity index (χ2v) is 7.25. The number of anilines is 1. The van der Waals surface area contributed by atoms with E-state index >= 15 is 0 Å². The summed E-state index contributed by atoms with van der Waals surface area (Å²) in [7, 11) is 0. The summed E-state index contributed by atoms with van der Waals surface area (Å²) in [5.41, 5.74) is 2.36. The van der Waals surface area contributed by atoms with Crippen LogP contribution in [-0.2, 0) is 0 Å². The zero-order valence-corrected chi connectivity index (χ0v) is 14.3. The van der Waals surface area contributed by atoms with Gasteiger partial charge in [0.1, 0.15) is 0 Å². The number of rotatable bonds is 5. The van der Waals surface area contributed by atoms with Crippen LogP contribution in [0.25, 0.3) is 0 Å². The van der Waals surface area contributed by atoms with Crippen molar-refractivity contribution in [2.24, 2.45) is 0 Å². The summed E-state index contributed by atoms with van der Waals surface area (Å²) >= 11 is 1.49. The van der Waals surface area contributed by atoms with Gasteiger partial charge in [-0.15, -0.1) is 11.3 Å². The third-order valence-electron chi connectivity index (χ3n) is 3.49. The van der Waals surface area contributed by atoms with Crippen molar-refractivity contribution < 1.29 is 4.79 Å². The molecular weight excluding hydrogens is 292 g/mol. The van der Waals surface area contributed by atoms with Crippen molar-refractivity contribution in [3.63, 3.8) is 0 Å². The van der Waals surface area contributed by atoms with E-state index in [-0.39, 0.29) is 5.91 Å². The number of nitrogens with one attached hydrogen (secondary N) is 2. The largest absolute Gasteiger partial charge is 0.357 e. The molecule has 2 rings (SSSR count). The Kier molecular flexibility index (Phi) is 4.71. The van der Waals surface area contributed by atoms with Crippen molar-refractivity contribution in [2.45, 2.75) is 33.2 Å². The number of amides is 1. The van der Waals surface area contributed by atoms with Crippen LogP contribution in [0.5, 0.6) is 0 Å². The molecule has 0 saturated carbocycles. The monoisotopic (exact) mass is 314 g/mol. The van der Waals surface area contributed by atoms with E-state index < -0.39 is 5.54 Å². The molecule has 3 nitrogen and oxygen atoms in total. The standard InChI is InChI=1S/C18H22N2OS/c1-12-6-9-15(10-7-12)19-14(3)18(4,5)20-17(21)16-11-8-13(2)22-16/h6-11,19H,3H2,1-2,4-5H3,(H,20,21). The van der Waals surface area contributed by atoms with Gasteiger partial charge in [0.05, 0.1) is 10.4 Å². The highest BCUT2D eigenvalue weighted by molar-refractivity contribution is 7.13. The minimum atomic E-state index is -0.556. The summed E-state index contributed by atoms with van der Waals surface area (Å²) < 4.78 is 0. The van der Waals surface area contributed by atoms with Gasteiger partial charge in [-0.2, -0.15) is 0 Å². The van der Waals surface area contributed by atoms with Crippen LogP contribution < -0.4 is 10.6 Å². The Morgan fingerprint density at radius 1 is 1.09 bits per heavy atom. The van der Waals surface area contributed by atoms with Crippen molar-refractivity contribution in [1.82, 2.24) is 5.32 Å². The molecule has 4 heteroatoms. The average Bonchev–Trinajstić information content (AvgIpc) is 2.87. The van der Waals surface area contributed by atoms with Crippen molar-refractivity contribution in [1.29, 1.82) is 0 Å². The van der Waals surface area contributed by atoms with Gasteiger partial charge in [0.2, 0.25) is 0 Å². The SMILES string of the molecule is C=C(Nc1ccc(C)cc1)C(C)(C)NC(=O)c1ccc(C)s1. The Labute approximate surface area is 136 Å². The Morgan fingerprint density at radius 2 is 1.73 bits per heavy atom. The number of thiophene rings is 1. The van der Waals surface area contributed by atoms with E-state index in [1.54, 1.807) is 0 Å². The molecule has 0 fully saturated rings. The van der Waals surface area contributed by atoms with Crippen molar-refractivity contribution in [3.8, 4) is 0 Å². The summed E-state index contributed by atoms with van der Waals surface area (Å²) in [4.78, 5) is 14.1. The maximum absolute atomic E-state index is 12.3. The van der Waals surface area contributed by atoms with Gasteiger partial charge in [-0.1, -0.05) is 24.3 Å². The molecule has 1 aromatic carbocycles. The lowest BCUT2D eigenvalue weighted by molar-refractivity contribution is 0.0929. The topological polar surface area (TPSA) is 41.1 Å². The Bertz CT molecular complexity index is 683. The van der Waals surface area contributed by atoms with E-state index in [1.807, 2.05) is 64.1 Å². The van der Waals surface area contributed by atoms with Gasteiger partial charge in [-0.3, -0.25) is 4.79 Å². The van der Waals surface area contributed by atoms with Gasteiger partial charge in [-0.05, 0) is 52.0 Å². The zero-order chi connectivity index (χ0) is 16.3. The minimum absolute atomic E-state index is 0.0741. The molecule has 0 spiro atoms. The molecule has 0 atom stereocenters.